The molecule has 1 aliphatic carbocycles. The first-order chi connectivity index (χ1) is 11.4. The van der Waals surface area contributed by atoms with Crippen molar-refractivity contribution in [1.29, 1.82) is 0 Å². The van der Waals surface area contributed by atoms with E-state index in [0.29, 0.717) is 12.5 Å². The van der Waals surface area contributed by atoms with Crippen molar-refractivity contribution < 1.29 is 18.0 Å². The number of piperidine rings is 1. The number of hydrogen-bond acceptors (Lipinski definition) is 3. The van der Waals surface area contributed by atoms with Crippen molar-refractivity contribution >= 4 is 5.91 Å². The van der Waals surface area contributed by atoms with Gasteiger partial charge in [0, 0.05) is 25.8 Å². The van der Waals surface area contributed by atoms with Crippen molar-refractivity contribution in [2.75, 3.05) is 26.2 Å². The minimum absolute atomic E-state index is 0.201. The van der Waals surface area contributed by atoms with Crippen LogP contribution in [0.25, 0.3) is 0 Å². The van der Waals surface area contributed by atoms with Crippen LogP contribution in [0.15, 0.2) is 12.3 Å². The smallest absolute Gasteiger partial charge is 0.337 e. The molecule has 1 saturated carbocycles. The largest absolute Gasteiger partial charge is 0.390 e. The molecule has 1 aromatic heterocycles. The van der Waals surface area contributed by atoms with E-state index in [-0.39, 0.29) is 18.3 Å². The average molecular weight is 344 g/mol. The van der Waals surface area contributed by atoms with Gasteiger partial charge in [0.25, 0.3) is 5.91 Å². The third-order valence-electron chi connectivity index (χ3n) is 4.60. The Morgan fingerprint density at radius 1 is 1.38 bits per heavy atom. The number of alkyl halides is 3. The highest BCUT2D eigenvalue weighted by molar-refractivity contribution is 5.92. The molecule has 1 N–H and O–H groups in total. The van der Waals surface area contributed by atoms with Crippen LogP contribution in [0, 0.1) is 5.92 Å². The van der Waals surface area contributed by atoms with Crippen LogP contribution in [0.1, 0.15) is 48.6 Å². The van der Waals surface area contributed by atoms with Gasteiger partial charge >= 0.3 is 6.18 Å². The number of hydrogen-bond donors (Lipinski definition) is 1. The molecule has 0 spiro atoms. The first-order valence-electron chi connectivity index (χ1n) is 8.54. The van der Waals surface area contributed by atoms with Crippen LogP contribution in [0.4, 0.5) is 13.2 Å². The van der Waals surface area contributed by atoms with Crippen LogP contribution in [-0.4, -0.2) is 52.9 Å². The molecule has 2 heterocycles. The summed E-state index contributed by atoms with van der Waals surface area (Å²) in [6, 6.07) is 1.82. The Morgan fingerprint density at radius 3 is 2.79 bits per heavy atom. The van der Waals surface area contributed by atoms with Gasteiger partial charge in [-0.2, -0.15) is 18.3 Å². The Labute approximate surface area is 139 Å². The summed E-state index contributed by atoms with van der Waals surface area (Å²) in [5, 5.41) is 7.62. The second-order valence-corrected chi connectivity index (χ2v) is 6.74. The molecule has 2 aliphatic rings. The highest BCUT2D eigenvalue weighted by atomic mass is 19.4. The number of amides is 1. The summed E-state index contributed by atoms with van der Waals surface area (Å²) in [7, 11) is 0. The minimum Gasteiger partial charge on any atom is -0.337 e. The molecular weight excluding hydrogens is 321 g/mol. The zero-order valence-corrected chi connectivity index (χ0v) is 13.6. The van der Waals surface area contributed by atoms with E-state index in [1.165, 1.54) is 4.90 Å². The summed E-state index contributed by atoms with van der Waals surface area (Å²) < 4.78 is 39.3. The second-order valence-electron chi connectivity index (χ2n) is 6.74. The number of carbonyl (C=O) groups is 1. The molecule has 0 radical (unpaired) electrons. The maximum atomic E-state index is 12.6. The second kappa shape index (κ2) is 7.13. The molecule has 8 heteroatoms. The van der Waals surface area contributed by atoms with Crippen molar-refractivity contribution in [3.05, 3.63) is 18.0 Å². The molecule has 0 bridgehead atoms. The van der Waals surface area contributed by atoms with Crippen LogP contribution in [0.5, 0.6) is 0 Å². The molecular formula is C16H23F3N4O. The molecule has 1 amide bonds. The van der Waals surface area contributed by atoms with Gasteiger partial charge in [-0.05, 0) is 44.2 Å². The Kier molecular flexibility index (Phi) is 5.12. The Bertz CT molecular complexity index is 562. The number of aromatic nitrogens is 2. The standard InChI is InChI=1S/C16H23F3N4O/c17-16(18,19)6-9-22(11-12-3-4-12)15(24)14-5-8-23(21-14)13-2-1-7-20-10-13/h5,8,12-13,20H,1-4,6-7,9-11H2. The zero-order valence-electron chi connectivity index (χ0n) is 13.6. The van der Waals surface area contributed by atoms with Crippen molar-refractivity contribution in [2.45, 2.75) is 44.3 Å². The van der Waals surface area contributed by atoms with Gasteiger partial charge in [-0.1, -0.05) is 0 Å². The zero-order chi connectivity index (χ0) is 17.2. The lowest BCUT2D eigenvalue weighted by Crippen LogP contribution is -2.36. The molecule has 1 saturated heterocycles. The van der Waals surface area contributed by atoms with E-state index in [1.807, 2.05) is 0 Å². The fraction of sp³-hybridized carbons (Fsp3) is 0.750. The minimum atomic E-state index is -4.25. The topological polar surface area (TPSA) is 50.2 Å². The molecule has 1 atom stereocenters. The molecule has 5 nitrogen and oxygen atoms in total. The van der Waals surface area contributed by atoms with Gasteiger partial charge in [0.15, 0.2) is 0 Å². The summed E-state index contributed by atoms with van der Waals surface area (Å²) in [5.41, 5.74) is 0.239. The average Bonchev–Trinajstić information content (AvgIpc) is 3.23. The van der Waals surface area contributed by atoms with E-state index in [2.05, 4.69) is 10.4 Å². The van der Waals surface area contributed by atoms with E-state index < -0.39 is 18.5 Å². The number of rotatable bonds is 6. The number of halogens is 3. The fourth-order valence-corrected chi connectivity index (χ4v) is 3.03. The van der Waals surface area contributed by atoms with Crippen LogP contribution in [-0.2, 0) is 0 Å². The van der Waals surface area contributed by atoms with Gasteiger partial charge in [-0.25, -0.2) is 0 Å². The summed E-state index contributed by atoms with van der Waals surface area (Å²) >= 11 is 0. The van der Waals surface area contributed by atoms with Gasteiger partial charge in [0.05, 0.1) is 12.5 Å². The van der Waals surface area contributed by atoms with E-state index in [0.717, 1.165) is 38.8 Å². The van der Waals surface area contributed by atoms with E-state index in [4.69, 9.17) is 0 Å². The summed E-state index contributed by atoms with van der Waals surface area (Å²) in [5.74, 6) is -0.0551. The van der Waals surface area contributed by atoms with Crippen molar-refractivity contribution in [3.8, 4) is 0 Å². The molecule has 134 valence electrons. The van der Waals surface area contributed by atoms with Gasteiger partial charge in [0.2, 0.25) is 0 Å². The predicted octanol–water partition coefficient (Wildman–Crippen LogP) is 2.61. The lowest BCUT2D eigenvalue weighted by molar-refractivity contribution is -0.136. The fourth-order valence-electron chi connectivity index (χ4n) is 3.03. The number of nitrogens with zero attached hydrogens (tertiary/aromatic N) is 3. The Balaban J connectivity index is 1.65. The molecule has 1 aromatic rings. The SMILES string of the molecule is O=C(c1ccn(C2CCCNC2)n1)N(CCC(F)(F)F)CC1CC1. The molecule has 3 rings (SSSR count). The van der Waals surface area contributed by atoms with Crippen molar-refractivity contribution in [2.24, 2.45) is 5.92 Å². The molecule has 1 aliphatic heterocycles. The third kappa shape index (κ3) is 4.72. The maximum absolute atomic E-state index is 12.6. The van der Waals surface area contributed by atoms with Crippen LogP contribution >= 0.6 is 0 Å². The Hall–Kier alpha value is -1.57. The Morgan fingerprint density at radius 2 is 2.17 bits per heavy atom. The van der Waals surface area contributed by atoms with Gasteiger partial charge in [0.1, 0.15) is 5.69 Å². The van der Waals surface area contributed by atoms with Crippen LogP contribution < -0.4 is 5.32 Å². The summed E-state index contributed by atoms with van der Waals surface area (Å²) in [6.07, 6.45) is 0.531. The molecule has 0 aromatic carbocycles. The van der Waals surface area contributed by atoms with E-state index in [9.17, 15) is 18.0 Å². The highest BCUT2D eigenvalue weighted by Crippen LogP contribution is 2.31. The van der Waals surface area contributed by atoms with Gasteiger partial charge in [-0.3, -0.25) is 9.48 Å². The van der Waals surface area contributed by atoms with Crippen molar-refractivity contribution in [1.82, 2.24) is 20.0 Å². The summed E-state index contributed by atoms with van der Waals surface area (Å²) in [4.78, 5) is 13.9. The first-order valence-corrected chi connectivity index (χ1v) is 8.54. The van der Waals surface area contributed by atoms with E-state index in [1.54, 1.807) is 16.9 Å². The lowest BCUT2D eigenvalue weighted by atomic mass is 10.1. The maximum Gasteiger partial charge on any atom is 0.390 e. The molecule has 1 unspecified atom stereocenters. The van der Waals surface area contributed by atoms with Crippen LogP contribution in [0.2, 0.25) is 0 Å². The van der Waals surface area contributed by atoms with Crippen molar-refractivity contribution in [3.63, 3.8) is 0 Å². The van der Waals surface area contributed by atoms with E-state index >= 15 is 0 Å². The summed E-state index contributed by atoms with van der Waals surface area (Å²) in [6.45, 7) is 1.88. The lowest BCUT2D eigenvalue weighted by Gasteiger charge is -2.24. The van der Waals surface area contributed by atoms with Gasteiger partial charge in [-0.15, -0.1) is 0 Å². The molecule has 24 heavy (non-hydrogen) atoms. The van der Waals surface area contributed by atoms with Crippen LogP contribution in [0.3, 0.4) is 0 Å². The molecule has 2 fully saturated rings. The number of nitrogens with one attached hydrogen (secondary N) is 1. The predicted molar refractivity (Wildman–Crippen MR) is 82.7 cm³/mol. The third-order valence-corrected chi connectivity index (χ3v) is 4.60. The van der Waals surface area contributed by atoms with Gasteiger partial charge < -0.3 is 10.2 Å². The highest BCUT2D eigenvalue weighted by Gasteiger charge is 2.33. The monoisotopic (exact) mass is 344 g/mol. The first kappa shape index (κ1) is 17.3. The normalized spacial score (nSPS) is 21.7. The number of carbonyl (C=O) groups excluding carboxylic acids is 1. The quantitative estimate of drug-likeness (QED) is 0.863.